The third kappa shape index (κ3) is 3.91. The average molecular weight is 418 g/mol. The van der Waals surface area contributed by atoms with E-state index in [0.29, 0.717) is 18.0 Å². The maximum absolute atomic E-state index is 12.7. The predicted molar refractivity (Wildman–Crippen MR) is 101 cm³/mol. The molecule has 0 saturated heterocycles. The summed E-state index contributed by atoms with van der Waals surface area (Å²) in [4.78, 5) is 14.0. The van der Waals surface area contributed by atoms with Crippen molar-refractivity contribution >= 4 is 21.7 Å². The highest BCUT2D eigenvalue weighted by atomic mass is 79.9. The monoisotopic (exact) mass is 417 g/mol. The van der Waals surface area contributed by atoms with Gasteiger partial charge in [-0.1, -0.05) is 15.9 Å². The van der Waals surface area contributed by atoms with Crippen LogP contribution in [0.4, 0.5) is 0 Å². The molecule has 0 fully saturated rings. The molecule has 1 aromatic carbocycles. The minimum atomic E-state index is -0.0403. The maximum atomic E-state index is 12.7. The van der Waals surface area contributed by atoms with Gasteiger partial charge in [0.05, 0.1) is 6.61 Å². The molecule has 0 aliphatic carbocycles. The lowest BCUT2D eigenvalue weighted by molar-refractivity contribution is 0.0960. The van der Waals surface area contributed by atoms with Crippen LogP contribution in [0.2, 0.25) is 0 Å². The van der Waals surface area contributed by atoms with Gasteiger partial charge in [0, 0.05) is 40.6 Å². The molecule has 0 radical (unpaired) electrons. The number of hydrogen-bond acceptors (Lipinski definition) is 5. The summed E-state index contributed by atoms with van der Waals surface area (Å²) >= 11 is 3.40. The number of methoxy groups -OCH3 is 1. The standard InChI is InChI=1S/C18H20BrN5O2/c1-12-10-16(13(2)23(12)8-9-26-3)17(25)11-24-21-18(20-22-24)14-4-6-15(19)7-5-14/h4-7,10H,8-9,11H2,1-3H3. The SMILES string of the molecule is COCCn1c(C)cc(C(=O)Cn2nnc(-c3ccc(Br)cc3)n2)c1C. The molecule has 0 unspecified atom stereocenters. The van der Waals surface area contributed by atoms with Gasteiger partial charge in [0.25, 0.3) is 0 Å². The number of carbonyl (C=O) groups excluding carboxylic acids is 1. The number of tetrazole rings is 1. The number of aromatic nitrogens is 5. The topological polar surface area (TPSA) is 74.8 Å². The van der Waals surface area contributed by atoms with Crippen LogP contribution >= 0.6 is 15.9 Å². The van der Waals surface area contributed by atoms with Gasteiger partial charge in [-0.2, -0.15) is 4.80 Å². The summed E-state index contributed by atoms with van der Waals surface area (Å²) in [5.74, 6) is 0.456. The second kappa shape index (κ2) is 7.92. The van der Waals surface area contributed by atoms with Crippen molar-refractivity contribution < 1.29 is 9.53 Å². The smallest absolute Gasteiger partial charge is 0.204 e. The number of carbonyl (C=O) groups is 1. The van der Waals surface area contributed by atoms with Crippen LogP contribution < -0.4 is 0 Å². The van der Waals surface area contributed by atoms with Gasteiger partial charge in [0.2, 0.25) is 5.82 Å². The number of Topliss-reactive ketones (excluding diaryl/α,β-unsaturated/α-hetero) is 1. The normalized spacial score (nSPS) is 11.1. The summed E-state index contributed by atoms with van der Waals surface area (Å²) < 4.78 is 8.19. The molecule has 3 rings (SSSR count). The van der Waals surface area contributed by atoms with Gasteiger partial charge in [0.1, 0.15) is 6.54 Å². The molecule has 0 saturated carbocycles. The van der Waals surface area contributed by atoms with E-state index in [-0.39, 0.29) is 12.3 Å². The number of hydrogen-bond donors (Lipinski definition) is 0. The molecule has 0 amide bonds. The summed E-state index contributed by atoms with van der Waals surface area (Å²) in [7, 11) is 1.67. The van der Waals surface area contributed by atoms with E-state index in [1.54, 1.807) is 7.11 Å². The Morgan fingerprint density at radius 3 is 2.65 bits per heavy atom. The lowest BCUT2D eigenvalue weighted by Crippen LogP contribution is -2.14. The third-order valence-corrected chi connectivity index (χ3v) is 4.76. The Hall–Kier alpha value is -2.32. The number of benzene rings is 1. The maximum Gasteiger partial charge on any atom is 0.204 e. The summed E-state index contributed by atoms with van der Waals surface area (Å²) in [6, 6.07) is 9.53. The van der Waals surface area contributed by atoms with E-state index in [0.717, 1.165) is 28.0 Å². The molecule has 0 spiro atoms. The fourth-order valence-corrected chi connectivity index (χ4v) is 3.11. The van der Waals surface area contributed by atoms with Crippen molar-refractivity contribution in [3.05, 3.63) is 51.8 Å². The third-order valence-electron chi connectivity index (χ3n) is 4.23. The minimum Gasteiger partial charge on any atom is -0.383 e. The van der Waals surface area contributed by atoms with E-state index in [2.05, 4.69) is 35.9 Å². The Kier molecular flexibility index (Phi) is 5.63. The molecule has 0 atom stereocenters. The van der Waals surface area contributed by atoms with Crippen LogP contribution in [0.1, 0.15) is 21.7 Å². The molecule has 7 nitrogen and oxygen atoms in total. The largest absolute Gasteiger partial charge is 0.383 e. The van der Waals surface area contributed by atoms with Gasteiger partial charge >= 0.3 is 0 Å². The molecule has 0 aliphatic rings. The van der Waals surface area contributed by atoms with Crippen LogP contribution in [0, 0.1) is 13.8 Å². The summed E-state index contributed by atoms with van der Waals surface area (Å²) in [6.45, 7) is 5.30. The first-order chi connectivity index (χ1) is 12.5. The zero-order valence-corrected chi connectivity index (χ0v) is 16.5. The second-order valence-corrected chi connectivity index (χ2v) is 6.92. The van der Waals surface area contributed by atoms with E-state index in [1.165, 1.54) is 4.80 Å². The first kappa shape index (κ1) is 18.5. The van der Waals surface area contributed by atoms with Gasteiger partial charge in [-0.05, 0) is 49.4 Å². The van der Waals surface area contributed by atoms with Crippen LogP contribution in [0.25, 0.3) is 11.4 Å². The molecule has 3 aromatic rings. The van der Waals surface area contributed by atoms with Crippen molar-refractivity contribution in [1.29, 1.82) is 0 Å². The van der Waals surface area contributed by atoms with E-state index < -0.39 is 0 Å². The number of halogens is 1. The molecule has 8 heteroatoms. The van der Waals surface area contributed by atoms with Crippen molar-refractivity contribution in [3.63, 3.8) is 0 Å². The number of ketones is 1. The highest BCUT2D eigenvalue weighted by molar-refractivity contribution is 9.10. The van der Waals surface area contributed by atoms with Crippen molar-refractivity contribution in [2.75, 3.05) is 13.7 Å². The second-order valence-electron chi connectivity index (χ2n) is 6.00. The van der Waals surface area contributed by atoms with E-state index in [4.69, 9.17) is 4.74 Å². The molecule has 2 aromatic heterocycles. The van der Waals surface area contributed by atoms with Crippen LogP contribution in [-0.2, 0) is 17.8 Å². The summed E-state index contributed by atoms with van der Waals surface area (Å²) in [6.07, 6.45) is 0. The van der Waals surface area contributed by atoms with E-state index in [9.17, 15) is 4.79 Å². The first-order valence-electron chi connectivity index (χ1n) is 8.22. The van der Waals surface area contributed by atoms with Crippen LogP contribution in [0.15, 0.2) is 34.8 Å². The number of nitrogens with zero attached hydrogens (tertiary/aromatic N) is 5. The Morgan fingerprint density at radius 2 is 1.96 bits per heavy atom. The molecular formula is C18H20BrN5O2. The zero-order valence-electron chi connectivity index (χ0n) is 14.9. The molecule has 2 heterocycles. The number of ether oxygens (including phenoxy) is 1. The Morgan fingerprint density at radius 1 is 1.23 bits per heavy atom. The lowest BCUT2D eigenvalue weighted by Gasteiger charge is -2.08. The molecular weight excluding hydrogens is 398 g/mol. The fraction of sp³-hybridized carbons (Fsp3) is 0.333. The number of aryl methyl sites for hydroxylation is 1. The van der Waals surface area contributed by atoms with Gasteiger partial charge in [-0.3, -0.25) is 4.79 Å². The van der Waals surface area contributed by atoms with Crippen molar-refractivity contribution in [1.82, 2.24) is 24.8 Å². The Balaban J connectivity index is 1.75. The zero-order chi connectivity index (χ0) is 18.7. The van der Waals surface area contributed by atoms with E-state index >= 15 is 0 Å². The Bertz CT molecular complexity index is 914. The quantitative estimate of drug-likeness (QED) is 0.552. The van der Waals surface area contributed by atoms with Gasteiger partial charge in [-0.25, -0.2) is 0 Å². The summed E-state index contributed by atoms with van der Waals surface area (Å²) in [5.41, 5.74) is 3.49. The van der Waals surface area contributed by atoms with Crippen LogP contribution in [0.3, 0.4) is 0 Å². The number of rotatable bonds is 7. The van der Waals surface area contributed by atoms with Crippen LogP contribution in [0.5, 0.6) is 0 Å². The first-order valence-corrected chi connectivity index (χ1v) is 9.01. The predicted octanol–water partition coefficient (Wildman–Crippen LogP) is 3.05. The minimum absolute atomic E-state index is 0.0403. The van der Waals surface area contributed by atoms with Crippen molar-refractivity contribution in [3.8, 4) is 11.4 Å². The molecule has 0 N–H and O–H groups in total. The van der Waals surface area contributed by atoms with Crippen LogP contribution in [-0.4, -0.2) is 44.3 Å². The van der Waals surface area contributed by atoms with Gasteiger partial charge in [-0.15, -0.1) is 10.2 Å². The van der Waals surface area contributed by atoms with Crippen molar-refractivity contribution in [2.45, 2.75) is 26.9 Å². The van der Waals surface area contributed by atoms with E-state index in [1.807, 2.05) is 44.2 Å². The Labute approximate surface area is 160 Å². The summed E-state index contributed by atoms with van der Waals surface area (Å²) in [5, 5.41) is 12.4. The molecule has 0 aliphatic heterocycles. The fourth-order valence-electron chi connectivity index (χ4n) is 2.85. The molecule has 26 heavy (non-hydrogen) atoms. The highest BCUT2D eigenvalue weighted by Gasteiger charge is 2.17. The molecule has 136 valence electrons. The molecule has 0 bridgehead atoms. The van der Waals surface area contributed by atoms with Gasteiger partial charge < -0.3 is 9.30 Å². The highest BCUT2D eigenvalue weighted by Crippen LogP contribution is 2.18. The van der Waals surface area contributed by atoms with Gasteiger partial charge in [0.15, 0.2) is 5.78 Å². The average Bonchev–Trinajstić information content (AvgIpc) is 3.19. The lowest BCUT2D eigenvalue weighted by atomic mass is 10.1. The van der Waals surface area contributed by atoms with Crippen molar-refractivity contribution in [2.24, 2.45) is 0 Å².